The van der Waals surface area contributed by atoms with Crippen molar-refractivity contribution < 1.29 is 4.74 Å². The van der Waals surface area contributed by atoms with Crippen molar-refractivity contribution in [3.05, 3.63) is 53.1 Å². The monoisotopic (exact) mass is 496 g/mol. The summed E-state index contributed by atoms with van der Waals surface area (Å²) in [6, 6.07) is 17.1. The zero-order valence-electron chi connectivity index (χ0n) is 23.1. The van der Waals surface area contributed by atoms with Gasteiger partial charge in [-0.05, 0) is 85.5 Å². The lowest BCUT2D eigenvalue weighted by Gasteiger charge is -2.54. The van der Waals surface area contributed by atoms with E-state index in [1.807, 2.05) is 24.3 Å². The molecule has 0 radical (unpaired) electrons. The quantitative estimate of drug-likeness (QED) is 0.259. The Balaban J connectivity index is 1.50. The number of fused-ring (bicyclic) bond motifs is 3. The van der Waals surface area contributed by atoms with Crippen LogP contribution in [0.15, 0.2) is 36.4 Å². The molecule has 0 unspecified atom stereocenters. The largest absolute Gasteiger partial charge is 0.494 e. The van der Waals surface area contributed by atoms with E-state index in [1.54, 1.807) is 0 Å². The molecule has 3 aliphatic carbocycles. The van der Waals surface area contributed by atoms with Crippen molar-refractivity contribution in [2.45, 2.75) is 116 Å². The fourth-order valence-electron chi connectivity index (χ4n) is 6.94. The first-order valence-corrected chi connectivity index (χ1v) is 14.8. The van der Waals surface area contributed by atoms with Gasteiger partial charge in [-0.1, -0.05) is 83.1 Å². The molecule has 0 aromatic heterocycles. The minimum atomic E-state index is 0.0653. The van der Waals surface area contributed by atoms with Crippen LogP contribution in [0.3, 0.4) is 0 Å². The highest BCUT2D eigenvalue weighted by atomic mass is 16.5. The van der Waals surface area contributed by atoms with E-state index in [0.29, 0.717) is 16.5 Å². The van der Waals surface area contributed by atoms with Gasteiger partial charge < -0.3 is 4.74 Å². The fourth-order valence-corrected chi connectivity index (χ4v) is 6.94. The number of hydrogen-bond acceptors (Lipinski definition) is 3. The first-order valence-electron chi connectivity index (χ1n) is 14.8. The topological polar surface area (TPSA) is 56.8 Å². The Hall–Kier alpha value is -2.78. The first-order chi connectivity index (χ1) is 18.1. The second-order valence-electron chi connectivity index (χ2n) is 11.7. The van der Waals surface area contributed by atoms with Gasteiger partial charge in [-0.25, -0.2) is 0 Å². The highest BCUT2D eigenvalue weighted by Crippen LogP contribution is 2.60. The van der Waals surface area contributed by atoms with Crippen LogP contribution in [0.5, 0.6) is 5.75 Å². The molecule has 0 N–H and O–H groups in total. The lowest BCUT2D eigenvalue weighted by atomic mass is 9.50. The van der Waals surface area contributed by atoms with Crippen LogP contribution >= 0.6 is 0 Å². The number of nitriles is 2. The van der Waals surface area contributed by atoms with Crippen LogP contribution in [0, 0.1) is 28.1 Å². The van der Waals surface area contributed by atoms with Gasteiger partial charge in [0.15, 0.2) is 0 Å². The Kier molecular flexibility index (Phi) is 9.32. The van der Waals surface area contributed by atoms with E-state index in [0.717, 1.165) is 54.7 Å². The molecule has 3 heteroatoms. The molecule has 2 aromatic rings. The highest BCUT2D eigenvalue weighted by Gasteiger charge is 2.49. The van der Waals surface area contributed by atoms with Gasteiger partial charge in [-0.15, -0.1) is 0 Å². The molecule has 0 heterocycles. The molecule has 37 heavy (non-hydrogen) atoms. The number of hydrogen-bond donors (Lipinski definition) is 0. The zero-order valence-corrected chi connectivity index (χ0v) is 23.1. The maximum atomic E-state index is 10.3. The summed E-state index contributed by atoms with van der Waals surface area (Å²) >= 11 is 0. The van der Waals surface area contributed by atoms with Gasteiger partial charge in [0.2, 0.25) is 0 Å². The van der Waals surface area contributed by atoms with Crippen molar-refractivity contribution in [1.82, 2.24) is 0 Å². The molecule has 0 spiro atoms. The molecule has 0 aliphatic heterocycles. The summed E-state index contributed by atoms with van der Waals surface area (Å²) in [6.07, 6.45) is 18.8. The molecule has 2 bridgehead atoms. The lowest BCUT2D eigenvalue weighted by molar-refractivity contribution is 0.0303. The molecule has 3 saturated carbocycles. The summed E-state index contributed by atoms with van der Waals surface area (Å²) in [5.74, 6) is 0.859. The van der Waals surface area contributed by atoms with E-state index in [1.165, 1.54) is 70.6 Å². The predicted octanol–water partition coefficient (Wildman–Crippen LogP) is 9.62. The molecule has 0 atom stereocenters. The van der Waals surface area contributed by atoms with Crippen LogP contribution in [-0.4, -0.2) is 6.61 Å². The number of ether oxygens (including phenoxy) is 1. The van der Waals surface area contributed by atoms with Crippen LogP contribution in [0.1, 0.15) is 127 Å². The third-order valence-electron chi connectivity index (χ3n) is 9.39. The first kappa shape index (κ1) is 27.3. The van der Waals surface area contributed by atoms with E-state index in [2.05, 4.69) is 38.1 Å². The second-order valence-corrected chi connectivity index (χ2v) is 11.7. The highest BCUT2D eigenvalue weighted by molar-refractivity contribution is 5.75. The van der Waals surface area contributed by atoms with Gasteiger partial charge >= 0.3 is 0 Å². The molecular weight excluding hydrogens is 452 g/mol. The number of unbranched alkanes of at least 4 members (excludes halogenated alkanes) is 6. The van der Waals surface area contributed by atoms with Gasteiger partial charge in [0.1, 0.15) is 17.9 Å². The van der Waals surface area contributed by atoms with Crippen LogP contribution in [0.25, 0.3) is 11.1 Å². The van der Waals surface area contributed by atoms with Crippen molar-refractivity contribution in [3.8, 4) is 29.0 Å². The molecule has 2 aromatic carbocycles. The molecule has 0 amide bonds. The molecule has 196 valence electrons. The summed E-state index contributed by atoms with van der Waals surface area (Å²) in [4.78, 5) is 0. The molecule has 3 aliphatic rings. The Labute approximate surface area is 224 Å². The zero-order chi connectivity index (χ0) is 26.1. The van der Waals surface area contributed by atoms with E-state index >= 15 is 0 Å². The number of nitrogens with zero attached hydrogens (tertiary/aromatic N) is 2. The number of rotatable bonds is 13. The summed E-state index contributed by atoms with van der Waals surface area (Å²) < 4.78 is 5.90. The van der Waals surface area contributed by atoms with Crippen molar-refractivity contribution in [2.24, 2.45) is 5.41 Å². The Morgan fingerprint density at radius 2 is 1.32 bits per heavy atom. The third-order valence-corrected chi connectivity index (χ3v) is 9.39. The van der Waals surface area contributed by atoms with Gasteiger partial charge in [0.25, 0.3) is 0 Å². The number of benzene rings is 2. The van der Waals surface area contributed by atoms with Crippen LogP contribution < -0.4 is 4.74 Å². The lowest BCUT2D eigenvalue weighted by Crippen LogP contribution is -2.44. The predicted molar refractivity (Wildman–Crippen MR) is 152 cm³/mol. The van der Waals surface area contributed by atoms with Crippen molar-refractivity contribution >= 4 is 0 Å². The van der Waals surface area contributed by atoms with Crippen molar-refractivity contribution in [3.63, 3.8) is 0 Å². The molecule has 3 nitrogen and oxygen atoms in total. The van der Waals surface area contributed by atoms with Gasteiger partial charge in [0, 0.05) is 5.56 Å². The van der Waals surface area contributed by atoms with E-state index < -0.39 is 0 Å². The van der Waals surface area contributed by atoms with E-state index in [9.17, 15) is 10.5 Å². The van der Waals surface area contributed by atoms with Crippen molar-refractivity contribution in [1.29, 1.82) is 10.5 Å². The van der Waals surface area contributed by atoms with Crippen LogP contribution in [0.4, 0.5) is 0 Å². The third kappa shape index (κ3) is 6.04. The standard InChI is InChI=1S/C34H44N2O/c1-3-5-7-9-17-33-18-21-34(22-19-33,23-20-33)32-16-15-29(30(25-35)31(32)26-36)27-11-13-28(14-12-27)37-24-10-8-6-4-2/h11-16H,3-10,17-24H2,1-2H3. The maximum absolute atomic E-state index is 10.3. The Morgan fingerprint density at radius 1 is 0.703 bits per heavy atom. The van der Waals surface area contributed by atoms with Crippen molar-refractivity contribution in [2.75, 3.05) is 6.61 Å². The minimum absolute atomic E-state index is 0.0653. The molecule has 0 saturated heterocycles. The average Bonchev–Trinajstić information content (AvgIpc) is 2.95. The van der Waals surface area contributed by atoms with Crippen LogP contribution in [0.2, 0.25) is 0 Å². The summed E-state index contributed by atoms with van der Waals surface area (Å²) in [5, 5.41) is 20.4. The van der Waals surface area contributed by atoms with E-state index in [-0.39, 0.29) is 5.41 Å². The Bertz CT molecular complexity index is 1090. The van der Waals surface area contributed by atoms with E-state index in [4.69, 9.17) is 4.74 Å². The van der Waals surface area contributed by atoms with Crippen LogP contribution in [-0.2, 0) is 5.41 Å². The summed E-state index contributed by atoms with van der Waals surface area (Å²) in [7, 11) is 0. The van der Waals surface area contributed by atoms with Gasteiger partial charge in [-0.3, -0.25) is 0 Å². The maximum Gasteiger partial charge on any atom is 0.119 e. The normalized spacial score (nSPS) is 22.4. The second kappa shape index (κ2) is 12.6. The average molecular weight is 497 g/mol. The Morgan fingerprint density at radius 3 is 1.92 bits per heavy atom. The van der Waals surface area contributed by atoms with Gasteiger partial charge in [-0.2, -0.15) is 10.5 Å². The SMILES string of the molecule is CCCCCCOc1ccc(-c2ccc(C34CCC(CCCCCC)(CC3)CC4)c(C#N)c2C#N)cc1. The molecule has 5 rings (SSSR count). The van der Waals surface area contributed by atoms with Gasteiger partial charge in [0.05, 0.1) is 17.7 Å². The summed E-state index contributed by atoms with van der Waals surface area (Å²) in [5.41, 5.74) is 4.68. The fraction of sp³-hybridized carbons (Fsp3) is 0.588. The molecule has 3 fully saturated rings. The summed E-state index contributed by atoms with van der Waals surface area (Å²) in [6.45, 7) is 5.23. The smallest absolute Gasteiger partial charge is 0.119 e. The molecular formula is C34H44N2O. The minimum Gasteiger partial charge on any atom is -0.494 e.